The Bertz CT molecular complexity index is 710. The van der Waals surface area contributed by atoms with Crippen molar-refractivity contribution in [1.82, 2.24) is 4.72 Å². The number of halogens is 1. The van der Waals surface area contributed by atoms with Crippen LogP contribution in [0.15, 0.2) is 23.1 Å². The molecule has 1 atom stereocenters. The van der Waals surface area contributed by atoms with Crippen LogP contribution in [0.1, 0.15) is 11.8 Å². The topological polar surface area (TPSA) is 72.2 Å². The first kappa shape index (κ1) is 14.7. The lowest BCUT2D eigenvalue weighted by Gasteiger charge is -2.12. The maximum Gasteiger partial charge on any atom is 0.242 e. The summed E-state index contributed by atoms with van der Waals surface area (Å²) in [5, 5.41) is 1.18. The highest BCUT2D eigenvalue weighted by Gasteiger charge is 2.24. The average molecular weight is 319 g/mol. The maximum absolute atomic E-state index is 12.4. The van der Waals surface area contributed by atoms with Gasteiger partial charge in [0.1, 0.15) is 4.90 Å². The van der Waals surface area contributed by atoms with E-state index >= 15 is 0 Å². The van der Waals surface area contributed by atoms with Crippen LogP contribution in [0.2, 0.25) is 5.02 Å². The van der Waals surface area contributed by atoms with Crippen LogP contribution in [-0.2, 0) is 10.0 Å². The first-order valence-corrected chi connectivity index (χ1v) is 8.44. The molecule has 0 saturated heterocycles. The lowest BCUT2D eigenvalue weighted by Crippen LogP contribution is -2.37. The fourth-order valence-electron chi connectivity index (χ4n) is 1.88. The highest BCUT2D eigenvalue weighted by atomic mass is 35.5. The molecular weight excluding hydrogens is 304 g/mol. The number of rotatable bonds is 4. The molecule has 0 unspecified atom stereocenters. The van der Waals surface area contributed by atoms with E-state index in [-0.39, 0.29) is 12.6 Å². The molecule has 0 fully saturated rings. The summed E-state index contributed by atoms with van der Waals surface area (Å²) in [5.74, 6) is 0. The molecule has 0 saturated carbocycles. The minimum Gasteiger partial charge on any atom is -0.329 e. The molecule has 2 rings (SSSR count). The van der Waals surface area contributed by atoms with Crippen molar-refractivity contribution in [3.8, 4) is 0 Å². The van der Waals surface area contributed by atoms with E-state index in [1.807, 2.05) is 6.07 Å². The molecule has 0 aliphatic heterocycles. The molecule has 0 radical (unpaired) electrons. The van der Waals surface area contributed by atoms with Crippen LogP contribution in [0.5, 0.6) is 0 Å². The maximum atomic E-state index is 12.4. The van der Waals surface area contributed by atoms with Crippen LogP contribution in [0.25, 0.3) is 10.1 Å². The van der Waals surface area contributed by atoms with Crippen molar-refractivity contribution in [2.24, 2.45) is 5.73 Å². The van der Waals surface area contributed by atoms with E-state index in [1.54, 1.807) is 26.0 Å². The second kappa shape index (κ2) is 5.38. The fraction of sp³-hybridized carbons (Fsp3) is 0.333. The third-order valence-electron chi connectivity index (χ3n) is 2.75. The smallest absolute Gasteiger partial charge is 0.242 e. The minimum absolute atomic E-state index is 0.251. The van der Waals surface area contributed by atoms with Gasteiger partial charge >= 0.3 is 0 Å². The molecule has 2 aromatic rings. The number of hydrogen-bond donors (Lipinski definition) is 2. The van der Waals surface area contributed by atoms with Crippen LogP contribution in [0, 0.1) is 6.92 Å². The summed E-state index contributed by atoms with van der Waals surface area (Å²) >= 11 is 7.39. The summed E-state index contributed by atoms with van der Waals surface area (Å²) in [6.07, 6.45) is 0. The van der Waals surface area contributed by atoms with Crippen molar-refractivity contribution in [2.45, 2.75) is 24.8 Å². The van der Waals surface area contributed by atoms with Gasteiger partial charge in [-0.2, -0.15) is 0 Å². The Morgan fingerprint density at radius 2 is 2.16 bits per heavy atom. The largest absolute Gasteiger partial charge is 0.329 e. The predicted molar refractivity (Wildman–Crippen MR) is 80.4 cm³/mol. The SMILES string of the molecule is Cc1sc2ccc(Cl)cc2c1S(=O)(=O)N[C@@H](C)CN. The van der Waals surface area contributed by atoms with Crippen molar-refractivity contribution < 1.29 is 8.42 Å². The first-order chi connectivity index (χ1) is 8.85. The van der Waals surface area contributed by atoms with Crippen molar-refractivity contribution >= 4 is 43.0 Å². The van der Waals surface area contributed by atoms with Gasteiger partial charge in [-0.15, -0.1) is 11.3 Å². The molecule has 1 aromatic heterocycles. The Morgan fingerprint density at radius 1 is 1.47 bits per heavy atom. The van der Waals surface area contributed by atoms with E-state index in [0.29, 0.717) is 15.3 Å². The van der Waals surface area contributed by atoms with Crippen LogP contribution in [0.3, 0.4) is 0 Å². The van der Waals surface area contributed by atoms with Crippen LogP contribution < -0.4 is 10.5 Å². The molecular formula is C12H15ClN2O2S2. The third-order valence-corrected chi connectivity index (χ3v) is 5.97. The highest BCUT2D eigenvalue weighted by molar-refractivity contribution is 7.90. The Labute approximate surface area is 121 Å². The normalized spacial score (nSPS) is 13.9. The number of thiophene rings is 1. The van der Waals surface area contributed by atoms with Crippen LogP contribution in [0.4, 0.5) is 0 Å². The molecule has 0 bridgehead atoms. The number of fused-ring (bicyclic) bond motifs is 1. The van der Waals surface area contributed by atoms with Crippen molar-refractivity contribution in [1.29, 1.82) is 0 Å². The zero-order valence-corrected chi connectivity index (χ0v) is 13.0. The lowest BCUT2D eigenvalue weighted by molar-refractivity contribution is 0.563. The molecule has 104 valence electrons. The third kappa shape index (κ3) is 2.93. The number of nitrogens with two attached hydrogens (primary N) is 1. The van der Waals surface area contributed by atoms with Crippen molar-refractivity contribution in [3.05, 3.63) is 28.1 Å². The van der Waals surface area contributed by atoms with Gasteiger partial charge in [-0.3, -0.25) is 0 Å². The van der Waals surface area contributed by atoms with Crippen molar-refractivity contribution in [2.75, 3.05) is 6.54 Å². The van der Waals surface area contributed by atoms with Gasteiger partial charge in [0.15, 0.2) is 0 Å². The zero-order valence-electron chi connectivity index (χ0n) is 10.6. The van der Waals surface area contributed by atoms with E-state index in [2.05, 4.69) is 4.72 Å². The number of aryl methyl sites for hydroxylation is 1. The van der Waals surface area contributed by atoms with Gasteiger partial charge in [-0.25, -0.2) is 13.1 Å². The summed E-state index contributed by atoms with van der Waals surface area (Å²) in [6.45, 7) is 3.77. The Hall–Kier alpha value is -0.660. The van der Waals surface area contributed by atoms with E-state index < -0.39 is 10.0 Å². The second-order valence-corrected chi connectivity index (χ2v) is 7.73. The molecule has 4 nitrogen and oxygen atoms in total. The Balaban J connectivity index is 2.61. The Kier molecular flexibility index (Phi) is 4.17. The predicted octanol–water partition coefficient (Wildman–Crippen LogP) is 2.49. The second-order valence-electron chi connectivity index (χ2n) is 4.39. The van der Waals surface area contributed by atoms with Gasteiger partial charge in [-0.05, 0) is 32.0 Å². The summed E-state index contributed by atoms with van der Waals surface area (Å²) in [7, 11) is -3.58. The van der Waals surface area contributed by atoms with E-state index in [4.69, 9.17) is 17.3 Å². The highest BCUT2D eigenvalue weighted by Crippen LogP contribution is 2.35. The number of benzene rings is 1. The lowest BCUT2D eigenvalue weighted by atomic mass is 10.2. The average Bonchev–Trinajstić information content (AvgIpc) is 2.64. The van der Waals surface area contributed by atoms with Gasteiger partial charge in [0.2, 0.25) is 10.0 Å². The molecule has 0 amide bonds. The molecule has 19 heavy (non-hydrogen) atoms. The van der Waals surface area contributed by atoms with E-state index in [0.717, 1.165) is 9.58 Å². The summed E-state index contributed by atoms with van der Waals surface area (Å²) in [4.78, 5) is 1.05. The first-order valence-electron chi connectivity index (χ1n) is 5.76. The van der Waals surface area contributed by atoms with Crippen molar-refractivity contribution in [3.63, 3.8) is 0 Å². The molecule has 0 aliphatic rings. The monoisotopic (exact) mass is 318 g/mol. The molecule has 1 aromatic carbocycles. The number of hydrogen-bond acceptors (Lipinski definition) is 4. The molecule has 0 spiro atoms. The summed E-state index contributed by atoms with van der Waals surface area (Å²) in [6, 6.07) is 4.97. The van der Waals surface area contributed by atoms with Gasteiger partial charge in [0, 0.05) is 32.6 Å². The van der Waals surface area contributed by atoms with Gasteiger partial charge < -0.3 is 5.73 Å². The zero-order chi connectivity index (χ0) is 14.2. The number of sulfonamides is 1. The van der Waals surface area contributed by atoms with Crippen LogP contribution >= 0.6 is 22.9 Å². The molecule has 7 heteroatoms. The van der Waals surface area contributed by atoms with Gasteiger partial charge in [-0.1, -0.05) is 11.6 Å². The number of nitrogens with one attached hydrogen (secondary N) is 1. The molecule has 3 N–H and O–H groups in total. The molecule has 0 aliphatic carbocycles. The quantitative estimate of drug-likeness (QED) is 0.909. The van der Waals surface area contributed by atoms with Crippen LogP contribution in [-0.4, -0.2) is 21.0 Å². The fourth-order valence-corrected chi connectivity index (χ4v) is 5.09. The standard InChI is InChI=1S/C12H15ClN2O2S2/c1-7(6-14)15-19(16,17)12-8(2)18-11-4-3-9(13)5-10(11)12/h3-5,7,15H,6,14H2,1-2H3/t7-/m0/s1. The molecule has 1 heterocycles. The summed E-state index contributed by atoms with van der Waals surface area (Å²) < 4.78 is 28.3. The summed E-state index contributed by atoms with van der Waals surface area (Å²) in [5.41, 5.74) is 5.46. The van der Waals surface area contributed by atoms with Gasteiger partial charge in [0.25, 0.3) is 0 Å². The van der Waals surface area contributed by atoms with E-state index in [9.17, 15) is 8.42 Å². The van der Waals surface area contributed by atoms with Gasteiger partial charge in [0.05, 0.1) is 0 Å². The van der Waals surface area contributed by atoms with E-state index in [1.165, 1.54) is 11.3 Å². The Morgan fingerprint density at radius 3 is 2.79 bits per heavy atom. The minimum atomic E-state index is -3.58.